The van der Waals surface area contributed by atoms with Crippen molar-refractivity contribution in [1.29, 1.82) is 0 Å². The molecule has 0 aromatic carbocycles. The Morgan fingerprint density at radius 1 is 1.29 bits per heavy atom. The van der Waals surface area contributed by atoms with Crippen LogP contribution in [0.3, 0.4) is 0 Å². The Hall–Kier alpha value is -2.71. The molecule has 0 bridgehead atoms. The molecule has 146 valence electrons. The normalized spacial score (nSPS) is 17.0. The first-order valence-electron chi connectivity index (χ1n) is 9.25. The Balaban J connectivity index is 1.44. The van der Waals surface area contributed by atoms with Crippen LogP contribution in [0.2, 0.25) is 0 Å². The first-order chi connectivity index (χ1) is 13.6. The predicted octanol–water partition coefficient (Wildman–Crippen LogP) is 2.25. The van der Waals surface area contributed by atoms with E-state index in [-0.39, 0.29) is 24.3 Å². The first-order valence-corrected chi connectivity index (χ1v) is 10.1. The molecule has 1 N–H and O–H groups in total. The molecule has 1 atom stereocenters. The Morgan fingerprint density at radius 3 is 3.00 bits per heavy atom. The lowest BCUT2D eigenvalue weighted by Crippen LogP contribution is -2.50. The third-order valence-corrected chi connectivity index (χ3v) is 5.81. The maximum absolute atomic E-state index is 13.2. The van der Waals surface area contributed by atoms with E-state index in [1.165, 1.54) is 4.88 Å². The fourth-order valence-corrected chi connectivity index (χ4v) is 4.23. The van der Waals surface area contributed by atoms with Gasteiger partial charge in [0.2, 0.25) is 5.91 Å². The van der Waals surface area contributed by atoms with Gasteiger partial charge in [0.15, 0.2) is 0 Å². The van der Waals surface area contributed by atoms with Crippen molar-refractivity contribution < 1.29 is 14.3 Å². The Morgan fingerprint density at radius 2 is 2.18 bits per heavy atom. The van der Waals surface area contributed by atoms with Crippen molar-refractivity contribution in [3.8, 4) is 0 Å². The van der Waals surface area contributed by atoms with Crippen LogP contribution in [0.5, 0.6) is 0 Å². The van der Waals surface area contributed by atoms with E-state index in [1.807, 2.05) is 37.3 Å². The van der Waals surface area contributed by atoms with E-state index < -0.39 is 0 Å². The molecule has 4 heterocycles. The van der Waals surface area contributed by atoms with Gasteiger partial charge in [-0.2, -0.15) is 5.10 Å². The van der Waals surface area contributed by atoms with Gasteiger partial charge in [-0.25, -0.2) is 4.52 Å². The smallest absolute Gasteiger partial charge is 0.272 e. The third kappa shape index (κ3) is 3.93. The molecule has 1 aliphatic heterocycles. The van der Waals surface area contributed by atoms with Crippen LogP contribution in [0, 0.1) is 6.92 Å². The molecule has 0 aliphatic carbocycles. The zero-order valence-electron chi connectivity index (χ0n) is 15.6. The second kappa shape index (κ2) is 8.12. The monoisotopic (exact) mass is 398 g/mol. The second-order valence-electron chi connectivity index (χ2n) is 6.80. The third-order valence-electron chi connectivity index (χ3n) is 4.81. The summed E-state index contributed by atoms with van der Waals surface area (Å²) in [5, 5.41) is 7.19. The maximum atomic E-state index is 13.2. The number of carbonyl (C=O) groups is 2. The molecule has 28 heavy (non-hydrogen) atoms. The molecule has 4 rings (SSSR count). The summed E-state index contributed by atoms with van der Waals surface area (Å²) in [7, 11) is 0. The highest BCUT2D eigenvalue weighted by atomic mass is 32.1. The van der Waals surface area contributed by atoms with Gasteiger partial charge in [-0.05, 0) is 37.3 Å². The zero-order valence-corrected chi connectivity index (χ0v) is 16.4. The number of ether oxygens (including phenoxy) is 1. The van der Waals surface area contributed by atoms with Crippen molar-refractivity contribution in [2.75, 3.05) is 19.8 Å². The van der Waals surface area contributed by atoms with Crippen molar-refractivity contribution in [3.05, 3.63) is 58.0 Å². The zero-order chi connectivity index (χ0) is 19.5. The highest BCUT2D eigenvalue weighted by Gasteiger charge is 2.31. The largest absolute Gasteiger partial charge is 0.377 e. The molecule has 0 saturated carbocycles. The number of nitrogens with one attached hydrogen (secondary N) is 1. The molecule has 2 amide bonds. The van der Waals surface area contributed by atoms with Crippen molar-refractivity contribution in [2.24, 2.45) is 0 Å². The molecular weight excluding hydrogens is 376 g/mol. The number of rotatable bonds is 5. The van der Waals surface area contributed by atoms with Crippen molar-refractivity contribution in [2.45, 2.75) is 25.9 Å². The molecule has 3 aromatic heterocycles. The summed E-state index contributed by atoms with van der Waals surface area (Å²) in [6.07, 6.45) is 1.88. The van der Waals surface area contributed by atoms with Crippen LogP contribution < -0.4 is 5.32 Å². The van der Waals surface area contributed by atoms with E-state index in [0.29, 0.717) is 32.0 Å². The lowest BCUT2D eigenvalue weighted by Gasteiger charge is -2.35. The van der Waals surface area contributed by atoms with E-state index in [2.05, 4.69) is 10.4 Å². The quantitative estimate of drug-likeness (QED) is 0.715. The number of fused-ring (bicyclic) bond motifs is 1. The van der Waals surface area contributed by atoms with Crippen molar-refractivity contribution in [1.82, 2.24) is 19.8 Å². The first kappa shape index (κ1) is 18.6. The summed E-state index contributed by atoms with van der Waals surface area (Å²) < 4.78 is 7.18. The number of aromatic nitrogens is 2. The predicted molar refractivity (Wildman–Crippen MR) is 106 cm³/mol. The van der Waals surface area contributed by atoms with Crippen LogP contribution in [-0.4, -0.2) is 52.1 Å². The fourth-order valence-electron chi connectivity index (χ4n) is 3.40. The average Bonchev–Trinajstić information content (AvgIpc) is 3.34. The average molecular weight is 398 g/mol. The summed E-state index contributed by atoms with van der Waals surface area (Å²) in [4.78, 5) is 29.7. The van der Waals surface area contributed by atoms with E-state index >= 15 is 0 Å². The summed E-state index contributed by atoms with van der Waals surface area (Å²) >= 11 is 1.67. The van der Waals surface area contributed by atoms with Gasteiger partial charge in [0, 0.05) is 22.7 Å². The number of thiophene rings is 1. The van der Waals surface area contributed by atoms with Crippen LogP contribution in [-0.2, 0) is 16.1 Å². The highest BCUT2D eigenvalue weighted by molar-refractivity contribution is 7.11. The number of nitrogens with zero attached hydrogens (tertiary/aromatic N) is 3. The van der Waals surface area contributed by atoms with Gasteiger partial charge in [-0.1, -0.05) is 6.07 Å². The van der Waals surface area contributed by atoms with Gasteiger partial charge < -0.3 is 15.0 Å². The SMILES string of the molecule is Cc1ccc(CNC(=O)CC2COCCN2C(=O)c2cccc3ccnn23)s1. The molecule has 0 radical (unpaired) electrons. The summed E-state index contributed by atoms with van der Waals surface area (Å²) in [5.41, 5.74) is 1.35. The van der Waals surface area contributed by atoms with E-state index in [0.717, 1.165) is 10.4 Å². The molecule has 1 saturated heterocycles. The van der Waals surface area contributed by atoms with Gasteiger partial charge in [0.25, 0.3) is 5.91 Å². The summed E-state index contributed by atoms with van der Waals surface area (Å²) in [5.74, 6) is -0.221. The van der Waals surface area contributed by atoms with Crippen LogP contribution in [0.1, 0.15) is 26.7 Å². The molecule has 8 heteroatoms. The number of carbonyl (C=O) groups excluding carboxylic acids is 2. The van der Waals surface area contributed by atoms with E-state index in [9.17, 15) is 9.59 Å². The maximum Gasteiger partial charge on any atom is 0.272 e. The molecule has 1 unspecified atom stereocenters. The molecule has 1 fully saturated rings. The summed E-state index contributed by atoms with van der Waals surface area (Å²) in [6.45, 7) is 3.82. The lowest BCUT2D eigenvalue weighted by atomic mass is 10.1. The number of hydrogen-bond donors (Lipinski definition) is 1. The molecule has 1 aliphatic rings. The van der Waals surface area contributed by atoms with Crippen LogP contribution in [0.25, 0.3) is 5.52 Å². The fraction of sp³-hybridized carbons (Fsp3) is 0.350. The van der Waals surface area contributed by atoms with Gasteiger partial charge in [-0.3, -0.25) is 9.59 Å². The minimum absolute atomic E-state index is 0.0864. The lowest BCUT2D eigenvalue weighted by molar-refractivity contribution is -0.123. The number of hydrogen-bond acceptors (Lipinski definition) is 5. The van der Waals surface area contributed by atoms with Gasteiger partial charge in [0.1, 0.15) is 5.69 Å². The van der Waals surface area contributed by atoms with Crippen LogP contribution >= 0.6 is 11.3 Å². The number of amides is 2. The number of pyridine rings is 1. The molecule has 3 aromatic rings. The molecule has 7 nitrogen and oxygen atoms in total. The minimum Gasteiger partial charge on any atom is -0.377 e. The van der Waals surface area contributed by atoms with Gasteiger partial charge >= 0.3 is 0 Å². The molecular formula is C20H22N4O3S. The Kier molecular flexibility index (Phi) is 5.40. The molecule has 0 spiro atoms. The van der Waals surface area contributed by atoms with Crippen LogP contribution in [0.15, 0.2) is 42.6 Å². The number of morpholine rings is 1. The van der Waals surface area contributed by atoms with Crippen LogP contribution in [0.4, 0.5) is 0 Å². The van der Waals surface area contributed by atoms with Gasteiger partial charge in [0.05, 0.1) is 37.5 Å². The van der Waals surface area contributed by atoms with Crippen molar-refractivity contribution >= 4 is 28.7 Å². The minimum atomic E-state index is -0.294. The second-order valence-corrected chi connectivity index (χ2v) is 8.17. The Bertz CT molecular complexity index is 996. The Labute approximate surface area is 166 Å². The van der Waals surface area contributed by atoms with Gasteiger partial charge in [-0.15, -0.1) is 11.3 Å². The topological polar surface area (TPSA) is 75.9 Å². The van der Waals surface area contributed by atoms with E-state index in [4.69, 9.17) is 4.74 Å². The van der Waals surface area contributed by atoms with E-state index in [1.54, 1.807) is 33.0 Å². The van der Waals surface area contributed by atoms with Crippen molar-refractivity contribution in [3.63, 3.8) is 0 Å². The summed E-state index contributed by atoms with van der Waals surface area (Å²) in [6, 6.07) is 11.1. The highest BCUT2D eigenvalue weighted by Crippen LogP contribution is 2.17. The number of aryl methyl sites for hydroxylation is 1. The standard InChI is InChI=1S/C20H22N4O3S/c1-14-5-6-17(28-14)12-21-19(25)11-16-13-27-10-9-23(16)20(26)18-4-2-3-15-7-8-22-24(15)18/h2-8,16H,9-13H2,1H3,(H,21,25).